The van der Waals surface area contributed by atoms with Gasteiger partial charge in [0.05, 0.1) is 5.60 Å². The van der Waals surface area contributed by atoms with E-state index >= 15 is 0 Å². The Morgan fingerprint density at radius 3 is 2.54 bits per heavy atom. The molecule has 0 spiro atoms. The maximum atomic E-state index is 5.68. The van der Waals surface area contributed by atoms with E-state index in [4.69, 9.17) is 4.74 Å². The summed E-state index contributed by atoms with van der Waals surface area (Å²) < 4.78 is 7.75. The molecule has 72 valence electrons. The SMILES string of the molecule is C[n+]1ccccc1COC(C)(C)C. The van der Waals surface area contributed by atoms with Gasteiger partial charge in [0.1, 0.15) is 13.7 Å². The van der Waals surface area contributed by atoms with E-state index in [1.54, 1.807) is 0 Å². The Morgan fingerprint density at radius 1 is 1.31 bits per heavy atom. The first-order valence-corrected chi connectivity index (χ1v) is 4.56. The summed E-state index contributed by atoms with van der Waals surface area (Å²) in [5.74, 6) is 0. The smallest absolute Gasteiger partial charge is 0.207 e. The van der Waals surface area contributed by atoms with Crippen molar-refractivity contribution in [2.75, 3.05) is 0 Å². The third-order valence-electron chi connectivity index (χ3n) is 1.82. The van der Waals surface area contributed by atoms with Gasteiger partial charge >= 0.3 is 0 Å². The summed E-state index contributed by atoms with van der Waals surface area (Å²) in [6, 6.07) is 6.12. The first kappa shape index (κ1) is 10.2. The van der Waals surface area contributed by atoms with Crippen molar-refractivity contribution in [1.29, 1.82) is 0 Å². The Morgan fingerprint density at radius 2 is 2.00 bits per heavy atom. The first-order valence-electron chi connectivity index (χ1n) is 4.56. The van der Waals surface area contributed by atoms with Crippen LogP contribution in [0.2, 0.25) is 0 Å². The molecule has 0 aliphatic rings. The summed E-state index contributed by atoms with van der Waals surface area (Å²) >= 11 is 0. The highest BCUT2D eigenvalue weighted by Gasteiger charge is 2.13. The third-order valence-corrected chi connectivity index (χ3v) is 1.82. The van der Waals surface area contributed by atoms with Gasteiger partial charge in [-0.1, -0.05) is 6.07 Å². The lowest BCUT2D eigenvalue weighted by Gasteiger charge is -2.18. The van der Waals surface area contributed by atoms with Crippen LogP contribution >= 0.6 is 0 Å². The summed E-state index contributed by atoms with van der Waals surface area (Å²) in [5, 5.41) is 0. The number of nitrogens with zero attached hydrogens (tertiary/aromatic N) is 1. The lowest BCUT2D eigenvalue weighted by Crippen LogP contribution is -2.34. The average molecular weight is 180 g/mol. The average Bonchev–Trinajstić information content (AvgIpc) is 2.01. The van der Waals surface area contributed by atoms with Gasteiger partial charge in [0, 0.05) is 12.1 Å². The van der Waals surface area contributed by atoms with Crippen molar-refractivity contribution in [2.24, 2.45) is 7.05 Å². The topological polar surface area (TPSA) is 13.1 Å². The van der Waals surface area contributed by atoms with Gasteiger partial charge in [0.15, 0.2) is 6.20 Å². The van der Waals surface area contributed by atoms with E-state index in [1.807, 2.05) is 25.4 Å². The zero-order valence-corrected chi connectivity index (χ0v) is 8.87. The molecule has 0 fully saturated rings. The fourth-order valence-corrected chi connectivity index (χ4v) is 0.999. The van der Waals surface area contributed by atoms with Crippen LogP contribution in [0.1, 0.15) is 26.5 Å². The van der Waals surface area contributed by atoms with Crippen LogP contribution in [0.3, 0.4) is 0 Å². The maximum Gasteiger partial charge on any atom is 0.207 e. The minimum Gasteiger partial charge on any atom is -0.365 e. The number of rotatable bonds is 2. The van der Waals surface area contributed by atoms with Crippen LogP contribution in [0.25, 0.3) is 0 Å². The molecular formula is C11H18NO+. The highest BCUT2D eigenvalue weighted by Crippen LogP contribution is 2.09. The standard InChI is InChI=1S/C11H18NO/c1-11(2,3)13-9-10-7-5-6-8-12(10)4/h5-8H,9H2,1-4H3/q+1. The van der Waals surface area contributed by atoms with Crippen LogP contribution in [0.4, 0.5) is 0 Å². The summed E-state index contributed by atoms with van der Waals surface area (Å²) in [6.45, 7) is 6.86. The van der Waals surface area contributed by atoms with Crippen LogP contribution in [-0.2, 0) is 18.4 Å². The van der Waals surface area contributed by atoms with Gasteiger partial charge in [-0.25, -0.2) is 4.57 Å². The molecule has 0 aliphatic carbocycles. The van der Waals surface area contributed by atoms with Gasteiger partial charge in [-0.3, -0.25) is 0 Å². The molecule has 0 aromatic carbocycles. The lowest BCUT2D eigenvalue weighted by atomic mass is 10.2. The molecule has 0 saturated carbocycles. The Bertz CT molecular complexity index is 276. The predicted octanol–water partition coefficient (Wildman–Crippen LogP) is 1.83. The number of aryl methyl sites for hydroxylation is 1. The third kappa shape index (κ3) is 3.55. The monoisotopic (exact) mass is 180 g/mol. The molecule has 0 radical (unpaired) electrons. The molecule has 0 unspecified atom stereocenters. The highest BCUT2D eigenvalue weighted by molar-refractivity contribution is 4.95. The number of aromatic nitrogens is 1. The molecule has 0 aliphatic heterocycles. The molecule has 1 aromatic heterocycles. The lowest BCUT2D eigenvalue weighted by molar-refractivity contribution is -0.681. The second-order valence-corrected chi connectivity index (χ2v) is 4.20. The van der Waals surface area contributed by atoms with Gasteiger partial charge in [0.2, 0.25) is 5.69 Å². The molecule has 0 saturated heterocycles. The van der Waals surface area contributed by atoms with E-state index in [0.717, 1.165) is 0 Å². The summed E-state index contributed by atoms with van der Waals surface area (Å²) in [6.07, 6.45) is 2.03. The Labute approximate surface area is 80.2 Å². The van der Waals surface area contributed by atoms with Crippen molar-refractivity contribution in [1.82, 2.24) is 0 Å². The number of pyridine rings is 1. The molecule has 2 heteroatoms. The second-order valence-electron chi connectivity index (χ2n) is 4.20. The van der Waals surface area contributed by atoms with Crippen molar-refractivity contribution in [3.63, 3.8) is 0 Å². The van der Waals surface area contributed by atoms with Gasteiger partial charge in [-0.05, 0) is 20.8 Å². The minimum atomic E-state index is -0.0666. The van der Waals surface area contributed by atoms with Gasteiger partial charge < -0.3 is 4.74 Å². The second kappa shape index (κ2) is 3.88. The van der Waals surface area contributed by atoms with E-state index < -0.39 is 0 Å². The fourth-order valence-electron chi connectivity index (χ4n) is 0.999. The van der Waals surface area contributed by atoms with E-state index in [1.165, 1.54) is 5.69 Å². The van der Waals surface area contributed by atoms with Crippen molar-refractivity contribution in [2.45, 2.75) is 33.0 Å². The van der Waals surface area contributed by atoms with Crippen LogP contribution in [0, 0.1) is 0 Å². The molecule has 2 nitrogen and oxygen atoms in total. The van der Waals surface area contributed by atoms with E-state index in [-0.39, 0.29) is 5.60 Å². The molecule has 0 N–H and O–H groups in total. The van der Waals surface area contributed by atoms with E-state index in [2.05, 4.69) is 31.4 Å². The quantitative estimate of drug-likeness (QED) is 0.633. The van der Waals surface area contributed by atoms with Gasteiger partial charge in [0.25, 0.3) is 0 Å². The summed E-state index contributed by atoms with van der Waals surface area (Å²) in [4.78, 5) is 0. The largest absolute Gasteiger partial charge is 0.365 e. The molecule has 13 heavy (non-hydrogen) atoms. The van der Waals surface area contributed by atoms with Gasteiger partial charge in [-0.15, -0.1) is 0 Å². The Balaban J connectivity index is 2.60. The molecule has 1 aromatic rings. The predicted molar refractivity (Wildman–Crippen MR) is 52.2 cm³/mol. The van der Waals surface area contributed by atoms with Crippen molar-refractivity contribution >= 4 is 0 Å². The molecule has 1 heterocycles. The van der Waals surface area contributed by atoms with Gasteiger partial charge in [-0.2, -0.15) is 0 Å². The van der Waals surface area contributed by atoms with E-state index in [0.29, 0.717) is 6.61 Å². The Hall–Kier alpha value is -0.890. The molecule has 0 bridgehead atoms. The normalized spacial score (nSPS) is 11.7. The zero-order valence-electron chi connectivity index (χ0n) is 8.87. The molecular weight excluding hydrogens is 162 g/mol. The van der Waals surface area contributed by atoms with E-state index in [9.17, 15) is 0 Å². The van der Waals surface area contributed by atoms with Crippen LogP contribution < -0.4 is 4.57 Å². The zero-order chi connectivity index (χ0) is 9.90. The van der Waals surface area contributed by atoms with Crippen LogP contribution in [-0.4, -0.2) is 5.60 Å². The first-order chi connectivity index (χ1) is 5.99. The minimum absolute atomic E-state index is 0.0666. The fraction of sp³-hybridized carbons (Fsp3) is 0.545. The maximum absolute atomic E-state index is 5.68. The van der Waals surface area contributed by atoms with Crippen LogP contribution in [0.5, 0.6) is 0 Å². The summed E-state index contributed by atoms with van der Waals surface area (Å²) in [7, 11) is 2.03. The highest BCUT2D eigenvalue weighted by atomic mass is 16.5. The van der Waals surface area contributed by atoms with Crippen molar-refractivity contribution in [3.8, 4) is 0 Å². The molecule has 1 rings (SSSR count). The van der Waals surface area contributed by atoms with Crippen molar-refractivity contribution in [3.05, 3.63) is 30.1 Å². The number of hydrogen-bond donors (Lipinski definition) is 0. The van der Waals surface area contributed by atoms with Crippen molar-refractivity contribution < 1.29 is 9.30 Å². The molecule has 0 amide bonds. The number of hydrogen-bond acceptors (Lipinski definition) is 1. The molecule has 0 atom stereocenters. The van der Waals surface area contributed by atoms with Crippen LogP contribution in [0.15, 0.2) is 24.4 Å². The Kier molecular flexibility index (Phi) is 3.04. The number of ether oxygens (including phenoxy) is 1. The summed E-state index contributed by atoms with van der Waals surface area (Å²) in [5.41, 5.74) is 1.13.